The molecule has 1 spiro atoms. The zero-order chi connectivity index (χ0) is 18.4. The Balaban J connectivity index is 1.58. The van der Waals surface area contributed by atoms with Crippen LogP contribution in [0.4, 0.5) is 5.69 Å². The molecule has 1 saturated carbocycles. The third kappa shape index (κ3) is 2.52. The number of pyridine rings is 2. The number of halogens is 1. The maximum Gasteiger partial charge on any atom is 0.238 e. The number of rotatable bonds is 2. The number of anilines is 1. The van der Waals surface area contributed by atoms with Crippen molar-refractivity contribution >= 4 is 38.3 Å². The summed E-state index contributed by atoms with van der Waals surface area (Å²) in [4.78, 5) is 24.4. The summed E-state index contributed by atoms with van der Waals surface area (Å²) in [6.45, 7) is 0.463. The maximum atomic E-state index is 13.6. The fourth-order valence-electron chi connectivity index (χ4n) is 4.71. The Morgan fingerprint density at radius 1 is 1.07 bits per heavy atom. The Bertz CT molecular complexity index is 1040. The van der Waals surface area contributed by atoms with Crippen LogP contribution in [0.1, 0.15) is 43.4 Å². The van der Waals surface area contributed by atoms with Crippen molar-refractivity contribution in [3.63, 3.8) is 0 Å². The van der Waals surface area contributed by atoms with E-state index in [4.69, 9.17) is 0 Å². The van der Waals surface area contributed by atoms with Gasteiger partial charge in [0.15, 0.2) is 0 Å². The molecule has 1 aliphatic carbocycles. The van der Waals surface area contributed by atoms with Gasteiger partial charge >= 0.3 is 0 Å². The van der Waals surface area contributed by atoms with Crippen molar-refractivity contribution in [3.05, 3.63) is 64.7 Å². The van der Waals surface area contributed by atoms with Crippen molar-refractivity contribution in [2.45, 2.75) is 44.1 Å². The second kappa shape index (κ2) is 6.41. The lowest BCUT2D eigenvalue weighted by atomic mass is 9.70. The summed E-state index contributed by atoms with van der Waals surface area (Å²) in [5.41, 5.74) is 2.62. The van der Waals surface area contributed by atoms with Gasteiger partial charge in [-0.1, -0.05) is 43.5 Å². The lowest BCUT2D eigenvalue weighted by Crippen LogP contribution is -2.41. The molecule has 3 aromatic rings. The first kappa shape index (κ1) is 16.9. The van der Waals surface area contributed by atoms with Gasteiger partial charge in [0.1, 0.15) is 0 Å². The number of fused-ring (bicyclic) bond motifs is 3. The van der Waals surface area contributed by atoms with Crippen LogP contribution in [0.3, 0.4) is 0 Å². The van der Waals surface area contributed by atoms with Crippen LogP contribution in [0.15, 0.2) is 53.4 Å². The summed E-state index contributed by atoms with van der Waals surface area (Å²) in [6, 6.07) is 10.2. The van der Waals surface area contributed by atoms with Gasteiger partial charge in [0, 0.05) is 22.3 Å². The quantitative estimate of drug-likeness (QED) is 0.575. The van der Waals surface area contributed by atoms with Crippen molar-refractivity contribution in [2.75, 3.05) is 4.90 Å². The van der Waals surface area contributed by atoms with Crippen LogP contribution in [0.2, 0.25) is 0 Å². The Morgan fingerprint density at radius 2 is 1.89 bits per heavy atom. The molecule has 1 fully saturated rings. The van der Waals surface area contributed by atoms with E-state index in [1.54, 1.807) is 0 Å². The van der Waals surface area contributed by atoms with Crippen molar-refractivity contribution in [3.8, 4) is 0 Å². The van der Waals surface area contributed by atoms with E-state index in [0.717, 1.165) is 57.9 Å². The summed E-state index contributed by atoms with van der Waals surface area (Å²) in [7, 11) is 0. The van der Waals surface area contributed by atoms with Gasteiger partial charge in [-0.3, -0.25) is 14.8 Å². The van der Waals surface area contributed by atoms with Gasteiger partial charge in [-0.2, -0.15) is 0 Å². The van der Waals surface area contributed by atoms with Crippen LogP contribution in [-0.2, 0) is 16.8 Å². The average Bonchev–Trinajstić information content (AvgIpc) is 2.94. The van der Waals surface area contributed by atoms with E-state index in [1.807, 2.05) is 47.8 Å². The molecule has 3 heterocycles. The van der Waals surface area contributed by atoms with E-state index in [-0.39, 0.29) is 11.3 Å². The number of carbonyl (C=O) groups excluding carboxylic acids is 1. The van der Waals surface area contributed by atoms with Crippen molar-refractivity contribution in [1.82, 2.24) is 9.97 Å². The minimum atomic E-state index is -0.361. The molecule has 0 bridgehead atoms. The summed E-state index contributed by atoms with van der Waals surface area (Å²) >= 11 is 3.72. The van der Waals surface area contributed by atoms with Gasteiger partial charge in [0.05, 0.1) is 29.5 Å². The first-order valence-corrected chi connectivity index (χ1v) is 10.3. The second-order valence-electron chi connectivity index (χ2n) is 7.53. The number of amides is 1. The summed E-state index contributed by atoms with van der Waals surface area (Å²) < 4.78 is 0.962. The predicted octanol–water partition coefficient (Wildman–Crippen LogP) is 5.14. The molecule has 5 heteroatoms. The third-order valence-electron chi connectivity index (χ3n) is 6.09. The molecule has 0 atom stereocenters. The molecule has 0 radical (unpaired) electrons. The SMILES string of the molecule is O=C1N(Cc2ncc3ccccc3c2Br)c2cnccc2C12CCCCC2. The summed E-state index contributed by atoms with van der Waals surface area (Å²) in [6.07, 6.45) is 10.8. The Hall–Kier alpha value is -2.27. The monoisotopic (exact) mass is 421 g/mol. The number of hydrogen-bond acceptors (Lipinski definition) is 3. The number of carbonyl (C=O) groups is 1. The molecule has 0 N–H and O–H groups in total. The van der Waals surface area contributed by atoms with Gasteiger partial charge in [-0.15, -0.1) is 0 Å². The molecule has 1 amide bonds. The highest BCUT2D eigenvalue weighted by Gasteiger charge is 2.51. The minimum absolute atomic E-state index is 0.215. The molecule has 27 heavy (non-hydrogen) atoms. The first-order chi connectivity index (χ1) is 13.2. The van der Waals surface area contributed by atoms with E-state index in [1.165, 1.54) is 6.42 Å². The molecule has 1 aliphatic heterocycles. The number of benzene rings is 1. The molecule has 5 rings (SSSR count). The Labute approximate surface area is 166 Å². The van der Waals surface area contributed by atoms with Gasteiger partial charge in [-0.25, -0.2) is 0 Å². The van der Waals surface area contributed by atoms with Crippen LogP contribution in [0.5, 0.6) is 0 Å². The lowest BCUT2D eigenvalue weighted by Gasteiger charge is -2.32. The van der Waals surface area contributed by atoms with Crippen molar-refractivity contribution in [2.24, 2.45) is 0 Å². The Kier molecular flexibility index (Phi) is 4.01. The summed E-state index contributed by atoms with van der Waals surface area (Å²) in [5.74, 6) is 0.215. The van der Waals surface area contributed by atoms with Crippen LogP contribution in [0, 0.1) is 0 Å². The average molecular weight is 422 g/mol. The number of aromatic nitrogens is 2. The van der Waals surface area contributed by atoms with E-state index in [9.17, 15) is 4.79 Å². The fourth-order valence-corrected chi connectivity index (χ4v) is 5.30. The zero-order valence-electron chi connectivity index (χ0n) is 15.0. The van der Waals surface area contributed by atoms with Gasteiger partial charge < -0.3 is 4.90 Å². The molecule has 136 valence electrons. The molecule has 4 nitrogen and oxygen atoms in total. The number of hydrogen-bond donors (Lipinski definition) is 0. The molecule has 0 unspecified atom stereocenters. The lowest BCUT2D eigenvalue weighted by molar-refractivity contribution is -0.124. The number of nitrogens with zero attached hydrogens (tertiary/aromatic N) is 3. The highest BCUT2D eigenvalue weighted by atomic mass is 79.9. The van der Waals surface area contributed by atoms with E-state index in [0.29, 0.717) is 6.54 Å². The van der Waals surface area contributed by atoms with Crippen LogP contribution in [0.25, 0.3) is 10.8 Å². The normalized spacial score (nSPS) is 18.3. The van der Waals surface area contributed by atoms with Gasteiger partial charge in [-0.05, 0) is 45.8 Å². The molecular formula is C22H20BrN3O. The van der Waals surface area contributed by atoms with Gasteiger partial charge in [0.2, 0.25) is 5.91 Å². The summed E-state index contributed by atoms with van der Waals surface area (Å²) in [5, 5.41) is 2.21. The highest BCUT2D eigenvalue weighted by molar-refractivity contribution is 9.10. The fraction of sp³-hybridized carbons (Fsp3) is 0.318. The smallest absolute Gasteiger partial charge is 0.238 e. The first-order valence-electron chi connectivity index (χ1n) is 9.49. The van der Waals surface area contributed by atoms with E-state index >= 15 is 0 Å². The highest BCUT2D eigenvalue weighted by Crippen LogP contribution is 2.50. The standard InChI is InChI=1S/C22H20BrN3O/c23-20-16-7-3-2-6-15(16)12-25-18(20)14-26-19-13-24-11-8-17(19)22(21(26)27)9-4-1-5-10-22/h2-3,6-8,11-13H,1,4-5,9-10,14H2. The van der Waals surface area contributed by atoms with Crippen molar-refractivity contribution < 1.29 is 4.79 Å². The molecule has 2 aliphatic rings. The molecular weight excluding hydrogens is 402 g/mol. The predicted molar refractivity (Wildman–Crippen MR) is 110 cm³/mol. The van der Waals surface area contributed by atoms with Crippen LogP contribution >= 0.6 is 15.9 Å². The molecule has 1 aromatic carbocycles. The topological polar surface area (TPSA) is 46.1 Å². The largest absolute Gasteiger partial charge is 0.304 e. The van der Waals surface area contributed by atoms with E-state index in [2.05, 4.69) is 32.0 Å². The molecule has 0 saturated heterocycles. The van der Waals surface area contributed by atoms with Gasteiger partial charge in [0.25, 0.3) is 0 Å². The zero-order valence-corrected chi connectivity index (χ0v) is 16.6. The van der Waals surface area contributed by atoms with E-state index < -0.39 is 0 Å². The van der Waals surface area contributed by atoms with Crippen LogP contribution in [-0.4, -0.2) is 15.9 Å². The van der Waals surface area contributed by atoms with Crippen LogP contribution < -0.4 is 4.90 Å². The maximum absolute atomic E-state index is 13.6. The second-order valence-corrected chi connectivity index (χ2v) is 8.33. The Morgan fingerprint density at radius 3 is 2.74 bits per heavy atom. The minimum Gasteiger partial charge on any atom is -0.304 e. The molecule has 2 aromatic heterocycles. The third-order valence-corrected chi connectivity index (χ3v) is 6.97. The van der Waals surface area contributed by atoms with Crippen molar-refractivity contribution in [1.29, 1.82) is 0 Å².